The minimum absolute atomic E-state index is 0.00560. The van der Waals surface area contributed by atoms with Gasteiger partial charge in [-0.1, -0.05) is 12.1 Å². The number of aromatic amines is 1. The molecule has 0 aliphatic carbocycles. The zero-order valence-corrected chi connectivity index (χ0v) is 10.9. The standard InChI is InChI=1S/C15H19N3O/c19-15(18-10-7-12-4-2-8-16-12)13-5-1-3-11-6-9-17-14(11)13/h1,3,5-6,9,12,16-17H,2,4,7-8,10H2,(H,18,19)/t12-/m0/s1. The Bertz CT molecular complexity index is 570. The topological polar surface area (TPSA) is 56.9 Å². The molecule has 0 bridgehead atoms. The molecule has 2 heterocycles. The molecule has 1 fully saturated rings. The van der Waals surface area contributed by atoms with Crippen molar-refractivity contribution in [2.75, 3.05) is 13.1 Å². The zero-order valence-electron chi connectivity index (χ0n) is 10.9. The van der Waals surface area contributed by atoms with E-state index in [4.69, 9.17) is 0 Å². The minimum Gasteiger partial charge on any atom is -0.361 e. The van der Waals surface area contributed by atoms with Crippen molar-refractivity contribution in [2.24, 2.45) is 0 Å². The number of rotatable bonds is 4. The Kier molecular flexibility index (Phi) is 3.51. The van der Waals surface area contributed by atoms with Gasteiger partial charge in [-0.15, -0.1) is 0 Å². The SMILES string of the molecule is O=C(NCC[C@@H]1CCCN1)c1cccc2cc[nH]c12. The molecular weight excluding hydrogens is 238 g/mol. The van der Waals surface area contributed by atoms with Crippen molar-refractivity contribution in [3.63, 3.8) is 0 Å². The van der Waals surface area contributed by atoms with Gasteiger partial charge in [0.05, 0.1) is 11.1 Å². The highest BCUT2D eigenvalue weighted by atomic mass is 16.1. The lowest BCUT2D eigenvalue weighted by molar-refractivity contribution is 0.0954. The molecule has 2 aromatic rings. The lowest BCUT2D eigenvalue weighted by Crippen LogP contribution is -2.30. The minimum atomic E-state index is 0.00560. The average molecular weight is 257 g/mol. The van der Waals surface area contributed by atoms with Crippen molar-refractivity contribution in [1.82, 2.24) is 15.6 Å². The Morgan fingerprint density at radius 2 is 2.32 bits per heavy atom. The van der Waals surface area contributed by atoms with Gasteiger partial charge in [0.2, 0.25) is 0 Å². The maximum Gasteiger partial charge on any atom is 0.253 e. The first-order valence-electron chi connectivity index (χ1n) is 6.92. The second kappa shape index (κ2) is 5.45. The van der Waals surface area contributed by atoms with Crippen molar-refractivity contribution in [2.45, 2.75) is 25.3 Å². The van der Waals surface area contributed by atoms with E-state index >= 15 is 0 Å². The largest absolute Gasteiger partial charge is 0.361 e. The van der Waals surface area contributed by atoms with Crippen LogP contribution in [0.1, 0.15) is 29.6 Å². The lowest BCUT2D eigenvalue weighted by Gasteiger charge is -2.11. The van der Waals surface area contributed by atoms with Crippen LogP contribution in [-0.4, -0.2) is 30.0 Å². The predicted molar refractivity (Wildman–Crippen MR) is 76.3 cm³/mol. The van der Waals surface area contributed by atoms with Gasteiger partial charge in [0.1, 0.15) is 0 Å². The number of carbonyl (C=O) groups is 1. The fraction of sp³-hybridized carbons (Fsp3) is 0.400. The van der Waals surface area contributed by atoms with Gasteiger partial charge in [0, 0.05) is 24.2 Å². The van der Waals surface area contributed by atoms with E-state index in [0.717, 1.165) is 36.0 Å². The first kappa shape index (κ1) is 12.2. The van der Waals surface area contributed by atoms with Crippen molar-refractivity contribution >= 4 is 16.8 Å². The molecule has 3 rings (SSSR count). The third-order valence-electron chi connectivity index (χ3n) is 3.77. The number of hydrogen-bond acceptors (Lipinski definition) is 2. The molecule has 4 heteroatoms. The van der Waals surface area contributed by atoms with Crippen molar-refractivity contribution in [3.8, 4) is 0 Å². The highest BCUT2D eigenvalue weighted by molar-refractivity contribution is 6.05. The van der Waals surface area contributed by atoms with E-state index < -0.39 is 0 Å². The molecular formula is C15H19N3O. The van der Waals surface area contributed by atoms with Crippen molar-refractivity contribution in [1.29, 1.82) is 0 Å². The summed E-state index contributed by atoms with van der Waals surface area (Å²) in [5, 5.41) is 7.52. The number of benzene rings is 1. The van der Waals surface area contributed by atoms with Gasteiger partial charge in [-0.25, -0.2) is 0 Å². The second-order valence-corrected chi connectivity index (χ2v) is 5.09. The van der Waals surface area contributed by atoms with E-state index in [1.807, 2.05) is 30.5 Å². The summed E-state index contributed by atoms with van der Waals surface area (Å²) in [7, 11) is 0. The fourth-order valence-corrected chi connectivity index (χ4v) is 2.73. The summed E-state index contributed by atoms with van der Waals surface area (Å²) in [5.41, 5.74) is 1.64. The van der Waals surface area contributed by atoms with Crippen LogP contribution < -0.4 is 10.6 Å². The van der Waals surface area contributed by atoms with E-state index in [1.165, 1.54) is 12.8 Å². The van der Waals surface area contributed by atoms with Crippen LogP contribution in [0.3, 0.4) is 0 Å². The Labute approximate surface area is 112 Å². The fourth-order valence-electron chi connectivity index (χ4n) is 2.73. The van der Waals surface area contributed by atoms with E-state index in [2.05, 4.69) is 15.6 Å². The third-order valence-corrected chi connectivity index (χ3v) is 3.77. The summed E-state index contributed by atoms with van der Waals surface area (Å²) >= 11 is 0. The molecule has 1 aliphatic rings. The molecule has 1 aromatic heterocycles. The predicted octanol–water partition coefficient (Wildman–Crippen LogP) is 2.04. The maximum atomic E-state index is 12.2. The number of carbonyl (C=O) groups excluding carboxylic acids is 1. The molecule has 100 valence electrons. The van der Waals surface area contributed by atoms with E-state index in [9.17, 15) is 4.79 Å². The Balaban J connectivity index is 1.62. The summed E-state index contributed by atoms with van der Waals surface area (Å²) in [5.74, 6) is 0.00560. The van der Waals surface area contributed by atoms with Gasteiger partial charge in [0.25, 0.3) is 5.91 Å². The average Bonchev–Trinajstić information content (AvgIpc) is 3.08. The number of para-hydroxylation sites is 1. The molecule has 0 saturated carbocycles. The Morgan fingerprint density at radius 1 is 1.37 bits per heavy atom. The van der Waals surface area contributed by atoms with Gasteiger partial charge in [0.15, 0.2) is 0 Å². The van der Waals surface area contributed by atoms with Gasteiger partial charge in [-0.2, -0.15) is 0 Å². The van der Waals surface area contributed by atoms with Gasteiger partial charge >= 0.3 is 0 Å². The number of H-pyrrole nitrogens is 1. The smallest absolute Gasteiger partial charge is 0.253 e. The second-order valence-electron chi connectivity index (χ2n) is 5.09. The molecule has 1 atom stereocenters. The Morgan fingerprint density at radius 3 is 3.16 bits per heavy atom. The summed E-state index contributed by atoms with van der Waals surface area (Å²) in [6.45, 7) is 1.84. The van der Waals surface area contributed by atoms with Crippen LogP contribution in [0.2, 0.25) is 0 Å². The van der Waals surface area contributed by atoms with Crippen LogP contribution in [0.15, 0.2) is 30.5 Å². The molecule has 4 nitrogen and oxygen atoms in total. The van der Waals surface area contributed by atoms with Gasteiger partial charge in [-0.05, 0) is 37.9 Å². The van der Waals surface area contributed by atoms with E-state index in [-0.39, 0.29) is 5.91 Å². The molecule has 1 saturated heterocycles. The number of hydrogen-bond donors (Lipinski definition) is 3. The number of aromatic nitrogens is 1. The normalized spacial score (nSPS) is 18.8. The van der Waals surface area contributed by atoms with Crippen LogP contribution in [-0.2, 0) is 0 Å². The zero-order chi connectivity index (χ0) is 13.1. The molecule has 19 heavy (non-hydrogen) atoms. The van der Waals surface area contributed by atoms with Crippen LogP contribution >= 0.6 is 0 Å². The quantitative estimate of drug-likeness (QED) is 0.785. The van der Waals surface area contributed by atoms with Crippen LogP contribution in [0.4, 0.5) is 0 Å². The summed E-state index contributed by atoms with van der Waals surface area (Å²) in [4.78, 5) is 15.3. The monoisotopic (exact) mass is 257 g/mol. The van der Waals surface area contributed by atoms with Crippen molar-refractivity contribution in [3.05, 3.63) is 36.0 Å². The van der Waals surface area contributed by atoms with Gasteiger partial charge < -0.3 is 15.6 Å². The van der Waals surface area contributed by atoms with Crippen LogP contribution in [0.5, 0.6) is 0 Å². The summed E-state index contributed by atoms with van der Waals surface area (Å²) in [6.07, 6.45) is 5.35. The molecule has 1 aromatic carbocycles. The van der Waals surface area contributed by atoms with Crippen LogP contribution in [0, 0.1) is 0 Å². The summed E-state index contributed by atoms with van der Waals surface area (Å²) < 4.78 is 0. The number of fused-ring (bicyclic) bond motifs is 1. The first-order valence-corrected chi connectivity index (χ1v) is 6.92. The highest BCUT2D eigenvalue weighted by Crippen LogP contribution is 2.16. The Hall–Kier alpha value is -1.81. The molecule has 3 N–H and O–H groups in total. The first-order chi connectivity index (χ1) is 9.34. The molecule has 1 aliphatic heterocycles. The maximum absolute atomic E-state index is 12.2. The number of amides is 1. The van der Waals surface area contributed by atoms with E-state index in [0.29, 0.717) is 6.04 Å². The molecule has 0 unspecified atom stereocenters. The van der Waals surface area contributed by atoms with E-state index in [1.54, 1.807) is 0 Å². The van der Waals surface area contributed by atoms with Crippen molar-refractivity contribution < 1.29 is 4.79 Å². The number of nitrogens with one attached hydrogen (secondary N) is 3. The van der Waals surface area contributed by atoms with Gasteiger partial charge in [-0.3, -0.25) is 4.79 Å². The summed E-state index contributed by atoms with van der Waals surface area (Å²) in [6, 6.07) is 8.34. The third kappa shape index (κ3) is 2.63. The van der Waals surface area contributed by atoms with Crippen LogP contribution in [0.25, 0.3) is 10.9 Å². The highest BCUT2D eigenvalue weighted by Gasteiger charge is 2.15. The molecule has 1 amide bonds. The molecule has 0 spiro atoms. The lowest BCUT2D eigenvalue weighted by atomic mass is 10.1. The molecule has 0 radical (unpaired) electrons.